The van der Waals surface area contributed by atoms with Crippen LogP contribution in [0.15, 0.2) is 27.5 Å². The second kappa shape index (κ2) is 6.92. The summed E-state index contributed by atoms with van der Waals surface area (Å²) in [5, 5.41) is 11.1. The van der Waals surface area contributed by atoms with Gasteiger partial charge in [0.05, 0.1) is 10.6 Å². The molecule has 3 rings (SSSR count). The molecule has 0 atom stereocenters. The van der Waals surface area contributed by atoms with Crippen LogP contribution in [-0.2, 0) is 0 Å². The van der Waals surface area contributed by atoms with Crippen molar-refractivity contribution in [1.29, 1.82) is 0 Å². The number of carbonyl (C=O) groups excluding carboxylic acids is 1. The molecule has 0 spiro atoms. The average Bonchev–Trinajstić information content (AvgIpc) is 2.97. The van der Waals surface area contributed by atoms with Gasteiger partial charge in [-0.25, -0.2) is 4.39 Å². The second-order valence-electron chi connectivity index (χ2n) is 5.23. The van der Waals surface area contributed by atoms with Crippen molar-refractivity contribution in [2.75, 3.05) is 5.43 Å². The van der Waals surface area contributed by atoms with Crippen LogP contribution in [0.4, 0.5) is 10.3 Å². The molecule has 0 bridgehead atoms. The van der Waals surface area contributed by atoms with Crippen LogP contribution < -0.4 is 16.4 Å². The minimum atomic E-state index is -0.693. The first kappa shape index (κ1) is 17.5. The molecule has 134 valence electrons. The average molecular weight is 379 g/mol. The minimum Gasteiger partial charge on any atom is -0.360 e. The molecule has 3 aromatic rings. The van der Waals surface area contributed by atoms with Crippen molar-refractivity contribution in [2.24, 2.45) is 0 Å². The number of H-pyrrole nitrogens is 1. The summed E-state index contributed by atoms with van der Waals surface area (Å²) in [6.07, 6.45) is 0. The van der Waals surface area contributed by atoms with Crippen LogP contribution in [-0.4, -0.2) is 26.2 Å². The number of nitrogens with one attached hydrogen (secondary N) is 3. The number of hydrogen-bond donors (Lipinski definition) is 3. The maximum atomic E-state index is 14.2. The molecule has 2 heterocycles. The maximum absolute atomic E-state index is 14.2. The van der Waals surface area contributed by atoms with Crippen molar-refractivity contribution in [1.82, 2.24) is 25.8 Å². The lowest BCUT2D eigenvalue weighted by Crippen LogP contribution is -2.32. The molecular weight excluding hydrogens is 367 g/mol. The molecule has 0 aliphatic rings. The number of aromatic amines is 1. The predicted octanol–water partition coefficient (Wildman–Crippen LogP) is 1.99. The van der Waals surface area contributed by atoms with Crippen molar-refractivity contribution >= 4 is 23.5 Å². The third kappa shape index (κ3) is 3.26. The van der Waals surface area contributed by atoms with E-state index in [0.717, 1.165) is 0 Å². The monoisotopic (exact) mass is 378 g/mol. The van der Waals surface area contributed by atoms with Crippen LogP contribution in [0.2, 0.25) is 5.02 Å². The van der Waals surface area contributed by atoms with Crippen LogP contribution in [0.25, 0.3) is 11.3 Å². The van der Waals surface area contributed by atoms with Crippen molar-refractivity contribution in [3.63, 3.8) is 0 Å². The van der Waals surface area contributed by atoms with Crippen LogP contribution >= 0.6 is 11.6 Å². The highest BCUT2D eigenvalue weighted by Gasteiger charge is 2.25. The van der Waals surface area contributed by atoms with Crippen molar-refractivity contribution in [3.05, 3.63) is 56.4 Å². The molecule has 0 aliphatic heterocycles. The van der Waals surface area contributed by atoms with E-state index in [1.165, 1.54) is 32.0 Å². The van der Waals surface area contributed by atoms with E-state index in [1.54, 1.807) is 0 Å². The van der Waals surface area contributed by atoms with E-state index in [-0.39, 0.29) is 39.2 Å². The zero-order chi connectivity index (χ0) is 18.8. The van der Waals surface area contributed by atoms with E-state index in [9.17, 15) is 14.0 Å². The minimum absolute atomic E-state index is 0.0214. The molecule has 3 N–H and O–H groups in total. The summed E-state index contributed by atoms with van der Waals surface area (Å²) in [6, 6.07) is 4.09. The normalized spacial score (nSPS) is 10.6. The third-order valence-electron chi connectivity index (χ3n) is 3.44. The van der Waals surface area contributed by atoms with Crippen molar-refractivity contribution in [3.8, 4) is 11.3 Å². The van der Waals surface area contributed by atoms with E-state index in [4.69, 9.17) is 16.1 Å². The number of hydrazine groups is 1. The molecule has 2 aromatic heterocycles. The lowest BCUT2D eigenvalue weighted by atomic mass is 10.1. The van der Waals surface area contributed by atoms with Crippen LogP contribution in [0, 0.1) is 19.7 Å². The number of halogens is 2. The summed E-state index contributed by atoms with van der Waals surface area (Å²) < 4.78 is 19.2. The summed E-state index contributed by atoms with van der Waals surface area (Å²) in [7, 11) is 0. The van der Waals surface area contributed by atoms with Crippen molar-refractivity contribution in [2.45, 2.75) is 13.8 Å². The number of rotatable bonds is 4. The molecule has 0 saturated heterocycles. The van der Waals surface area contributed by atoms with E-state index in [1.807, 2.05) is 0 Å². The summed E-state index contributed by atoms with van der Waals surface area (Å²) in [5.41, 5.74) is 4.31. The zero-order valence-electron chi connectivity index (χ0n) is 13.6. The van der Waals surface area contributed by atoms with Gasteiger partial charge in [-0.05, 0) is 26.0 Å². The Morgan fingerprint density at radius 2 is 2.08 bits per heavy atom. The molecular formula is C15H12ClFN6O3. The van der Waals surface area contributed by atoms with E-state index in [2.05, 4.69) is 31.2 Å². The topological polar surface area (TPSA) is 126 Å². The largest absolute Gasteiger partial charge is 0.360 e. The maximum Gasteiger partial charge on any atom is 0.275 e. The smallest absolute Gasteiger partial charge is 0.275 e. The molecule has 1 aromatic carbocycles. The quantitative estimate of drug-likeness (QED) is 0.592. The van der Waals surface area contributed by atoms with Crippen LogP contribution in [0.1, 0.15) is 21.8 Å². The fourth-order valence-corrected chi connectivity index (χ4v) is 2.41. The predicted molar refractivity (Wildman–Crippen MR) is 90.1 cm³/mol. The fraction of sp³-hybridized carbons (Fsp3) is 0.133. The molecule has 0 saturated carbocycles. The summed E-state index contributed by atoms with van der Waals surface area (Å²) in [5.74, 6) is -1.27. The molecule has 0 unspecified atom stereocenters. The highest BCUT2D eigenvalue weighted by molar-refractivity contribution is 6.33. The van der Waals surface area contributed by atoms with Gasteiger partial charge >= 0.3 is 0 Å². The number of nitrogens with zero attached hydrogens (tertiary/aromatic N) is 3. The van der Waals surface area contributed by atoms with Gasteiger partial charge in [0, 0.05) is 0 Å². The number of benzene rings is 1. The third-order valence-corrected chi connectivity index (χ3v) is 3.76. The summed E-state index contributed by atoms with van der Waals surface area (Å²) >= 11 is 6.03. The van der Waals surface area contributed by atoms with E-state index < -0.39 is 17.3 Å². The standard InChI is InChI=1S/C15H12ClFN6O3/c1-6-13(24)18-15(21-19-6)22-20-14(25)10-7(2)26-23-12(10)11-8(16)4-3-5-9(11)17/h3-5H,1-2H3,(H,20,25)(H2,18,21,22,24). The van der Waals surface area contributed by atoms with Gasteiger partial charge < -0.3 is 4.52 Å². The molecule has 1 amide bonds. The molecule has 0 aliphatic carbocycles. The zero-order valence-corrected chi connectivity index (χ0v) is 14.3. The van der Waals surface area contributed by atoms with Gasteiger partial charge in [-0.1, -0.05) is 22.8 Å². The SMILES string of the molecule is Cc1onc(-c2c(F)cccc2Cl)c1C(=O)NNc1nnc(C)c(=O)[nH]1. The Kier molecular flexibility index (Phi) is 4.67. The summed E-state index contributed by atoms with van der Waals surface area (Å²) in [6.45, 7) is 2.98. The number of carbonyl (C=O) groups is 1. The Balaban J connectivity index is 1.90. The first-order chi connectivity index (χ1) is 12.4. The molecule has 9 nitrogen and oxygen atoms in total. The molecule has 26 heavy (non-hydrogen) atoms. The lowest BCUT2D eigenvalue weighted by molar-refractivity contribution is 0.0961. The van der Waals surface area contributed by atoms with Crippen LogP contribution in [0.5, 0.6) is 0 Å². The first-order valence-corrected chi connectivity index (χ1v) is 7.67. The number of aryl methyl sites for hydroxylation is 2. The van der Waals surface area contributed by atoms with E-state index in [0.29, 0.717) is 0 Å². The Bertz CT molecular complexity index is 1030. The van der Waals surface area contributed by atoms with Gasteiger partial charge in [0.15, 0.2) is 0 Å². The van der Waals surface area contributed by atoms with Gasteiger partial charge in [0.1, 0.15) is 28.5 Å². The molecule has 11 heteroatoms. The van der Waals surface area contributed by atoms with Gasteiger partial charge in [-0.3, -0.25) is 25.4 Å². The highest BCUT2D eigenvalue weighted by atomic mass is 35.5. The van der Waals surface area contributed by atoms with Gasteiger partial charge in [0.2, 0.25) is 5.95 Å². The molecule has 0 radical (unpaired) electrons. The van der Waals surface area contributed by atoms with Gasteiger partial charge in [-0.2, -0.15) is 0 Å². The lowest BCUT2D eigenvalue weighted by Gasteiger charge is -2.08. The highest BCUT2D eigenvalue weighted by Crippen LogP contribution is 2.33. The van der Waals surface area contributed by atoms with Gasteiger partial charge in [0.25, 0.3) is 11.5 Å². The van der Waals surface area contributed by atoms with Crippen molar-refractivity contribution < 1.29 is 13.7 Å². The second-order valence-corrected chi connectivity index (χ2v) is 5.63. The number of hydrogen-bond acceptors (Lipinski definition) is 7. The number of amides is 1. The Morgan fingerprint density at radius 3 is 2.77 bits per heavy atom. The van der Waals surface area contributed by atoms with E-state index >= 15 is 0 Å². The van der Waals surface area contributed by atoms with Gasteiger partial charge in [-0.15, -0.1) is 10.2 Å². The van der Waals surface area contributed by atoms with Crippen LogP contribution in [0.3, 0.4) is 0 Å². The number of aromatic nitrogens is 4. The Morgan fingerprint density at radius 1 is 1.31 bits per heavy atom. The number of anilines is 1. The molecule has 0 fully saturated rings. The first-order valence-electron chi connectivity index (χ1n) is 7.29. The Labute approximate surface area is 150 Å². The fourth-order valence-electron chi connectivity index (χ4n) is 2.16. The Hall–Kier alpha value is -3.27. The summed E-state index contributed by atoms with van der Waals surface area (Å²) in [4.78, 5) is 26.4.